The summed E-state index contributed by atoms with van der Waals surface area (Å²) in [6.45, 7) is 0. The van der Waals surface area contributed by atoms with Gasteiger partial charge in [0.25, 0.3) is 0 Å². The Kier molecular flexibility index (Phi) is 5.41. The molecule has 0 radical (unpaired) electrons. The maximum Gasteiger partial charge on any atom is 0.165 e. The first-order chi connectivity index (χ1) is 14.6. The molecule has 5 nitrogen and oxygen atoms in total. The standard InChI is InChI=1S/C23H11Cl2N5/c24-19-10-14(12-26)6-8-17(19)22-28-21(16-4-2-1-3-5-16)29-23(30-22)18-9-7-15(13-27)11-20(18)25/h1-11H. The molecule has 0 fully saturated rings. The molecular formula is C23H11Cl2N5. The van der Waals surface area contributed by atoms with E-state index in [2.05, 4.69) is 27.1 Å². The molecule has 4 rings (SSSR count). The molecule has 0 amide bonds. The van der Waals surface area contributed by atoms with Gasteiger partial charge in [-0.15, -0.1) is 0 Å². The number of nitriles is 2. The molecular weight excluding hydrogens is 417 g/mol. The first kappa shape index (κ1) is 19.5. The van der Waals surface area contributed by atoms with Crippen LogP contribution in [0, 0.1) is 22.7 Å². The lowest BCUT2D eigenvalue weighted by Gasteiger charge is -2.10. The van der Waals surface area contributed by atoms with Crippen LogP contribution in [0.3, 0.4) is 0 Å². The van der Waals surface area contributed by atoms with E-state index in [1.165, 1.54) is 0 Å². The first-order valence-corrected chi connectivity index (χ1v) is 9.56. The molecule has 7 heteroatoms. The Balaban J connectivity index is 1.95. The number of hydrogen-bond acceptors (Lipinski definition) is 5. The quantitative estimate of drug-likeness (QED) is 0.404. The average Bonchev–Trinajstić information content (AvgIpc) is 2.79. The summed E-state index contributed by atoms with van der Waals surface area (Å²) in [6, 6.07) is 23.4. The van der Waals surface area contributed by atoms with E-state index >= 15 is 0 Å². The Morgan fingerprint density at radius 2 is 1.07 bits per heavy atom. The smallest absolute Gasteiger partial charge is 0.165 e. The summed E-state index contributed by atoms with van der Waals surface area (Å²) < 4.78 is 0. The first-order valence-electron chi connectivity index (χ1n) is 8.80. The van der Waals surface area contributed by atoms with Gasteiger partial charge in [0.1, 0.15) is 0 Å². The summed E-state index contributed by atoms with van der Waals surface area (Å²) in [7, 11) is 0. The highest BCUT2D eigenvalue weighted by atomic mass is 35.5. The van der Waals surface area contributed by atoms with Gasteiger partial charge in [-0.2, -0.15) is 10.5 Å². The van der Waals surface area contributed by atoms with E-state index in [-0.39, 0.29) is 0 Å². The third-order valence-corrected chi connectivity index (χ3v) is 4.97. The maximum absolute atomic E-state index is 9.09. The third-order valence-electron chi connectivity index (χ3n) is 4.35. The Labute approximate surface area is 182 Å². The molecule has 0 saturated heterocycles. The van der Waals surface area contributed by atoms with Gasteiger partial charge < -0.3 is 0 Å². The summed E-state index contributed by atoms with van der Waals surface area (Å²) in [5.74, 6) is 1.17. The van der Waals surface area contributed by atoms with Gasteiger partial charge in [0.05, 0.1) is 33.3 Å². The van der Waals surface area contributed by atoms with Gasteiger partial charge in [-0.1, -0.05) is 53.5 Å². The van der Waals surface area contributed by atoms with Crippen LogP contribution in [-0.2, 0) is 0 Å². The van der Waals surface area contributed by atoms with Crippen molar-refractivity contribution in [2.24, 2.45) is 0 Å². The minimum absolute atomic E-state index is 0.355. The molecule has 4 aromatic rings. The van der Waals surface area contributed by atoms with Crippen molar-refractivity contribution in [1.29, 1.82) is 10.5 Å². The van der Waals surface area contributed by atoms with Crippen molar-refractivity contribution in [2.45, 2.75) is 0 Å². The second-order valence-corrected chi connectivity index (χ2v) is 7.10. The summed E-state index contributed by atoms with van der Waals surface area (Å²) in [5.41, 5.74) is 2.83. The lowest BCUT2D eigenvalue weighted by Crippen LogP contribution is -2.01. The van der Waals surface area contributed by atoms with Crippen molar-refractivity contribution in [2.75, 3.05) is 0 Å². The summed E-state index contributed by atoms with van der Waals surface area (Å²) in [6.07, 6.45) is 0. The molecule has 3 aromatic carbocycles. The van der Waals surface area contributed by atoms with E-state index in [9.17, 15) is 0 Å². The van der Waals surface area contributed by atoms with Gasteiger partial charge in [0.15, 0.2) is 17.5 Å². The van der Waals surface area contributed by atoms with Gasteiger partial charge in [-0.3, -0.25) is 0 Å². The Morgan fingerprint density at radius 3 is 1.50 bits per heavy atom. The number of benzene rings is 3. The van der Waals surface area contributed by atoms with Crippen LogP contribution in [0.25, 0.3) is 34.2 Å². The maximum atomic E-state index is 9.09. The van der Waals surface area contributed by atoms with Crippen molar-refractivity contribution in [3.05, 3.63) is 87.9 Å². The molecule has 0 atom stereocenters. The third kappa shape index (κ3) is 3.86. The molecule has 0 bridgehead atoms. The summed E-state index contributed by atoms with van der Waals surface area (Å²) in [4.78, 5) is 13.8. The molecule has 1 aromatic heterocycles. The van der Waals surface area contributed by atoms with Gasteiger partial charge in [-0.05, 0) is 36.4 Å². The van der Waals surface area contributed by atoms with E-state index in [0.717, 1.165) is 5.56 Å². The van der Waals surface area contributed by atoms with Crippen molar-refractivity contribution in [3.8, 4) is 46.3 Å². The van der Waals surface area contributed by atoms with E-state index in [1.807, 2.05) is 30.3 Å². The van der Waals surface area contributed by atoms with E-state index in [4.69, 9.17) is 33.7 Å². The molecule has 142 valence electrons. The number of rotatable bonds is 3. The van der Waals surface area contributed by atoms with Crippen molar-refractivity contribution >= 4 is 23.2 Å². The zero-order chi connectivity index (χ0) is 21.1. The Hall–Kier alpha value is -3.77. The minimum atomic E-state index is 0.355. The van der Waals surface area contributed by atoms with Crippen LogP contribution in [0.2, 0.25) is 10.0 Å². The molecule has 1 heterocycles. The lowest BCUT2D eigenvalue weighted by molar-refractivity contribution is 1.07. The molecule has 0 aliphatic rings. The predicted octanol–water partition coefficient (Wildman–Crippen LogP) is 5.92. The molecule has 0 N–H and O–H groups in total. The van der Waals surface area contributed by atoms with E-state index in [0.29, 0.717) is 49.8 Å². The molecule has 0 aliphatic heterocycles. The van der Waals surface area contributed by atoms with Gasteiger partial charge in [0, 0.05) is 16.7 Å². The average molecular weight is 428 g/mol. The second kappa shape index (κ2) is 8.31. The largest absolute Gasteiger partial charge is 0.208 e. The SMILES string of the molecule is N#Cc1ccc(-c2nc(-c3ccccc3)nc(-c3ccc(C#N)cc3Cl)n2)c(Cl)c1. The van der Waals surface area contributed by atoms with Crippen LogP contribution in [0.1, 0.15) is 11.1 Å². The van der Waals surface area contributed by atoms with Crippen molar-refractivity contribution in [1.82, 2.24) is 15.0 Å². The monoisotopic (exact) mass is 427 g/mol. The van der Waals surface area contributed by atoms with Crippen LogP contribution < -0.4 is 0 Å². The highest BCUT2D eigenvalue weighted by Gasteiger charge is 2.16. The van der Waals surface area contributed by atoms with Crippen LogP contribution >= 0.6 is 23.2 Å². The van der Waals surface area contributed by atoms with Crippen LogP contribution in [-0.4, -0.2) is 15.0 Å². The number of aromatic nitrogens is 3. The van der Waals surface area contributed by atoms with E-state index < -0.39 is 0 Å². The lowest BCUT2D eigenvalue weighted by atomic mass is 10.1. The van der Waals surface area contributed by atoms with Crippen LogP contribution in [0.5, 0.6) is 0 Å². The minimum Gasteiger partial charge on any atom is -0.208 e. The number of halogens is 2. The van der Waals surface area contributed by atoms with E-state index in [1.54, 1.807) is 36.4 Å². The highest BCUT2D eigenvalue weighted by molar-refractivity contribution is 6.33. The molecule has 0 aliphatic carbocycles. The summed E-state index contributed by atoms with van der Waals surface area (Å²) in [5, 5.41) is 18.9. The highest BCUT2D eigenvalue weighted by Crippen LogP contribution is 2.32. The fourth-order valence-corrected chi connectivity index (χ4v) is 3.40. The van der Waals surface area contributed by atoms with Crippen LogP contribution in [0.4, 0.5) is 0 Å². The molecule has 0 saturated carbocycles. The predicted molar refractivity (Wildman–Crippen MR) is 116 cm³/mol. The summed E-state index contributed by atoms with van der Waals surface area (Å²) >= 11 is 12.8. The van der Waals surface area contributed by atoms with Crippen molar-refractivity contribution in [3.63, 3.8) is 0 Å². The zero-order valence-corrected chi connectivity index (χ0v) is 16.9. The topological polar surface area (TPSA) is 86.2 Å². The zero-order valence-electron chi connectivity index (χ0n) is 15.3. The fourth-order valence-electron chi connectivity index (χ4n) is 2.87. The Bertz CT molecular complexity index is 1260. The van der Waals surface area contributed by atoms with Crippen LogP contribution in [0.15, 0.2) is 66.7 Å². The molecule has 0 spiro atoms. The fraction of sp³-hybridized carbons (Fsp3) is 0. The van der Waals surface area contributed by atoms with Crippen molar-refractivity contribution < 1.29 is 0 Å². The van der Waals surface area contributed by atoms with Gasteiger partial charge in [-0.25, -0.2) is 15.0 Å². The molecule has 0 unspecified atom stereocenters. The van der Waals surface area contributed by atoms with Gasteiger partial charge >= 0.3 is 0 Å². The number of hydrogen-bond donors (Lipinski definition) is 0. The Morgan fingerprint density at radius 1 is 0.600 bits per heavy atom. The molecule has 30 heavy (non-hydrogen) atoms. The van der Waals surface area contributed by atoms with Gasteiger partial charge in [0.2, 0.25) is 0 Å². The normalized spacial score (nSPS) is 10.3. The number of nitrogens with zero attached hydrogens (tertiary/aromatic N) is 5. The second-order valence-electron chi connectivity index (χ2n) is 6.29.